The van der Waals surface area contributed by atoms with Crippen molar-refractivity contribution in [1.82, 2.24) is 0 Å². The van der Waals surface area contributed by atoms with Gasteiger partial charge in [0.1, 0.15) is 5.70 Å². The third-order valence-electron chi connectivity index (χ3n) is 5.58. The lowest BCUT2D eigenvalue weighted by Crippen LogP contribution is -2.27. The van der Waals surface area contributed by atoms with E-state index in [1.54, 1.807) is 18.2 Å². The van der Waals surface area contributed by atoms with E-state index >= 15 is 0 Å². The number of allylic oxidation sites excluding steroid dienone is 1. The first-order valence-corrected chi connectivity index (χ1v) is 12.1. The lowest BCUT2D eigenvalue weighted by atomic mass is 9.94. The molecule has 154 valence electrons. The summed E-state index contributed by atoms with van der Waals surface area (Å²) in [6.45, 7) is 0. The Labute approximate surface area is 187 Å². The van der Waals surface area contributed by atoms with Gasteiger partial charge in [0.15, 0.2) is 0 Å². The summed E-state index contributed by atoms with van der Waals surface area (Å²) < 4.78 is 5.21. The number of carbonyl (C=O) groups excluding carboxylic acids is 2. The van der Waals surface area contributed by atoms with Crippen LogP contribution in [-0.4, -0.2) is 11.6 Å². The minimum Gasteiger partial charge on any atom is -0.285 e. The van der Waals surface area contributed by atoms with Gasteiger partial charge in [-0.15, -0.1) is 0 Å². The van der Waals surface area contributed by atoms with Crippen LogP contribution in [0, 0.1) is 0 Å². The predicted octanol–water partition coefficient (Wildman–Crippen LogP) is 4.97. The maximum atomic E-state index is 13.2. The molecule has 0 unspecified atom stereocenters. The third kappa shape index (κ3) is 3.37. The average Bonchev–Trinajstić information content (AvgIpc) is 2.87. The summed E-state index contributed by atoms with van der Waals surface area (Å²) >= 11 is 0. The Balaban J connectivity index is 1.89. The van der Waals surface area contributed by atoms with E-state index in [4.69, 9.17) is 4.74 Å². The molecule has 0 spiro atoms. The molecule has 0 aromatic heterocycles. The van der Waals surface area contributed by atoms with Crippen LogP contribution in [0.2, 0.25) is 0 Å². The van der Waals surface area contributed by atoms with Crippen molar-refractivity contribution in [3.8, 4) is 0 Å². The number of hydrogen-bond acceptors (Lipinski definition) is 3. The highest BCUT2D eigenvalue weighted by atomic mass is 31.2. The molecule has 0 amide bonds. The van der Waals surface area contributed by atoms with Crippen LogP contribution in [-0.2, 0) is 4.79 Å². The molecule has 0 saturated carbocycles. The van der Waals surface area contributed by atoms with Gasteiger partial charge < -0.3 is 0 Å². The molecule has 1 aliphatic rings. The summed E-state index contributed by atoms with van der Waals surface area (Å²) in [5.74, 6) is -1.06. The highest BCUT2D eigenvalue weighted by molar-refractivity contribution is 7.87. The predicted molar refractivity (Wildman–Crippen MR) is 131 cm³/mol. The van der Waals surface area contributed by atoms with Crippen LogP contribution in [0.1, 0.15) is 15.9 Å². The second kappa shape index (κ2) is 8.37. The topological polar surface area (TPSA) is 46.5 Å². The molecule has 0 radical (unpaired) electrons. The lowest BCUT2D eigenvalue weighted by Gasteiger charge is -2.27. The van der Waals surface area contributed by atoms with Gasteiger partial charge in [0.05, 0.1) is 7.05 Å². The van der Waals surface area contributed by atoms with E-state index in [9.17, 15) is 9.59 Å². The van der Waals surface area contributed by atoms with Gasteiger partial charge in [0.2, 0.25) is 5.78 Å². The number of rotatable bonds is 4. The van der Waals surface area contributed by atoms with Crippen molar-refractivity contribution in [2.24, 2.45) is 4.74 Å². The largest absolute Gasteiger partial charge is 0.285 e. The lowest BCUT2D eigenvalue weighted by molar-refractivity contribution is -0.111. The highest BCUT2D eigenvalue weighted by Crippen LogP contribution is 2.48. The van der Waals surface area contributed by atoms with E-state index in [0.29, 0.717) is 5.56 Å². The molecule has 5 rings (SSSR count). The molecule has 0 bridgehead atoms. The van der Waals surface area contributed by atoms with E-state index in [0.717, 1.165) is 21.5 Å². The molecule has 4 aromatic carbocycles. The fraction of sp³-hybridized carbons (Fsp3) is 0. The number of hydrogen-bond donors (Lipinski definition) is 0. The van der Waals surface area contributed by atoms with E-state index in [-0.39, 0.29) is 5.70 Å². The first-order valence-electron chi connectivity index (χ1n) is 10.4. The second-order valence-electron chi connectivity index (χ2n) is 7.52. The van der Waals surface area contributed by atoms with Crippen LogP contribution in [0.5, 0.6) is 0 Å². The van der Waals surface area contributed by atoms with Crippen LogP contribution in [0.3, 0.4) is 0 Å². The van der Waals surface area contributed by atoms with Crippen LogP contribution in [0.15, 0.2) is 126 Å². The van der Waals surface area contributed by atoms with Crippen LogP contribution in [0.25, 0.3) is 6.08 Å². The molecule has 0 heterocycles. The first-order chi connectivity index (χ1) is 15.7. The second-order valence-corrected chi connectivity index (χ2v) is 10.5. The van der Waals surface area contributed by atoms with Crippen molar-refractivity contribution in [1.29, 1.82) is 0 Å². The molecule has 0 fully saturated rings. The molecular weight excluding hydrogens is 413 g/mol. The minimum absolute atomic E-state index is 0.207. The maximum Gasteiger partial charge on any atom is 0.251 e. The van der Waals surface area contributed by atoms with E-state index in [1.807, 2.05) is 66.7 Å². The summed E-state index contributed by atoms with van der Waals surface area (Å²) in [6, 6.07) is 37.4. The average molecular weight is 433 g/mol. The Hall–Kier alpha value is -3.81. The van der Waals surface area contributed by atoms with Gasteiger partial charge in [-0.3, -0.25) is 9.59 Å². The molecule has 0 atom stereocenters. The Morgan fingerprint density at radius 2 is 0.938 bits per heavy atom. The molecule has 0 N–H and O–H groups in total. The van der Waals surface area contributed by atoms with Crippen molar-refractivity contribution in [2.45, 2.75) is 0 Å². The van der Waals surface area contributed by atoms with E-state index < -0.39 is 18.6 Å². The Bertz CT molecular complexity index is 1290. The van der Waals surface area contributed by atoms with Crippen LogP contribution in [0.4, 0.5) is 0 Å². The van der Waals surface area contributed by atoms with E-state index in [2.05, 4.69) is 36.4 Å². The number of ketones is 2. The Kier molecular flexibility index (Phi) is 5.26. The van der Waals surface area contributed by atoms with Crippen molar-refractivity contribution < 1.29 is 9.59 Å². The Morgan fingerprint density at radius 1 is 0.500 bits per heavy atom. The fourth-order valence-electron chi connectivity index (χ4n) is 4.07. The number of fused-ring (bicyclic) bond motifs is 1. The summed E-state index contributed by atoms with van der Waals surface area (Å²) in [4.78, 5) is 26.1. The fourth-order valence-corrected chi connectivity index (χ4v) is 7.59. The SMILES string of the molecule is O=C1C(=O)c2ccccc2C=C1N=P(c1ccccc1)(c1ccccc1)c1ccccc1. The smallest absolute Gasteiger partial charge is 0.251 e. The maximum absolute atomic E-state index is 13.2. The highest BCUT2D eigenvalue weighted by Gasteiger charge is 2.32. The molecule has 4 heteroatoms. The molecule has 3 nitrogen and oxygen atoms in total. The van der Waals surface area contributed by atoms with Crippen LogP contribution < -0.4 is 15.9 Å². The van der Waals surface area contributed by atoms with Gasteiger partial charge in [-0.05, 0) is 11.6 Å². The van der Waals surface area contributed by atoms with Crippen molar-refractivity contribution in [3.05, 3.63) is 132 Å². The normalized spacial score (nSPS) is 13.3. The number of nitrogens with zero attached hydrogens (tertiary/aromatic N) is 1. The zero-order chi connectivity index (χ0) is 22.0. The minimum atomic E-state index is -2.61. The standard InChI is InChI=1S/C28H20NO2P/c30-27-25-19-11-10-12-21(25)20-26(28(27)31)29-32(22-13-4-1-5-14-22,23-15-6-2-7-16-23)24-17-8-3-9-18-24/h1-20H. The summed E-state index contributed by atoms with van der Waals surface area (Å²) in [7, 11) is -2.61. The van der Waals surface area contributed by atoms with E-state index in [1.165, 1.54) is 0 Å². The van der Waals surface area contributed by atoms with Gasteiger partial charge in [0.25, 0.3) is 5.78 Å². The molecular formula is C28H20NO2P. The number of benzene rings is 4. The number of carbonyl (C=O) groups is 2. The van der Waals surface area contributed by atoms with Gasteiger partial charge in [0, 0.05) is 21.5 Å². The molecule has 0 aliphatic heterocycles. The van der Waals surface area contributed by atoms with Crippen molar-refractivity contribution >= 4 is 40.6 Å². The molecule has 32 heavy (non-hydrogen) atoms. The monoisotopic (exact) mass is 433 g/mol. The van der Waals surface area contributed by atoms with Gasteiger partial charge in [-0.2, -0.15) is 0 Å². The first kappa shape index (κ1) is 20.1. The summed E-state index contributed by atoms with van der Waals surface area (Å²) in [6.07, 6.45) is 1.75. The molecule has 0 saturated heterocycles. The van der Waals surface area contributed by atoms with Gasteiger partial charge in [-0.25, -0.2) is 4.74 Å². The molecule has 1 aliphatic carbocycles. The molecule has 4 aromatic rings. The third-order valence-corrected chi connectivity index (χ3v) is 9.24. The zero-order valence-corrected chi connectivity index (χ0v) is 18.2. The number of Topliss-reactive ketones (excluding diaryl/α,β-unsaturated/α-hetero) is 2. The van der Waals surface area contributed by atoms with Crippen molar-refractivity contribution in [2.75, 3.05) is 0 Å². The zero-order valence-electron chi connectivity index (χ0n) is 17.3. The quantitative estimate of drug-likeness (QED) is 0.337. The summed E-state index contributed by atoms with van der Waals surface area (Å²) in [5, 5.41) is 3.08. The van der Waals surface area contributed by atoms with Gasteiger partial charge in [-0.1, -0.05) is 115 Å². The Morgan fingerprint density at radius 3 is 1.44 bits per heavy atom. The van der Waals surface area contributed by atoms with Crippen LogP contribution >= 0.6 is 7.05 Å². The van der Waals surface area contributed by atoms with Crippen molar-refractivity contribution in [3.63, 3.8) is 0 Å². The van der Waals surface area contributed by atoms with Gasteiger partial charge >= 0.3 is 0 Å². The summed E-state index contributed by atoms with van der Waals surface area (Å²) in [5.41, 5.74) is 1.36.